The third kappa shape index (κ3) is 6.07. The molecule has 2 rings (SSSR count). The topological polar surface area (TPSA) is 79.5 Å². The molecule has 0 spiro atoms. The molecule has 0 saturated carbocycles. The second kappa shape index (κ2) is 10.3. The Kier molecular flexibility index (Phi) is 7.76. The molecule has 2 aromatic carbocycles. The Balaban J connectivity index is 1.95. The van der Waals surface area contributed by atoms with E-state index in [1.165, 1.54) is 0 Å². The van der Waals surface area contributed by atoms with E-state index < -0.39 is 0 Å². The first kappa shape index (κ1) is 20.4. The molecule has 142 valence electrons. The zero-order valence-electron chi connectivity index (χ0n) is 15.4. The molecule has 0 aromatic heterocycles. The van der Waals surface area contributed by atoms with Gasteiger partial charge in [0.2, 0.25) is 0 Å². The Hall–Kier alpha value is -2.93. The third-order valence-electron chi connectivity index (χ3n) is 3.60. The normalized spacial score (nSPS) is 10.0. The highest BCUT2D eigenvalue weighted by molar-refractivity contribution is 7.80. The van der Waals surface area contributed by atoms with E-state index in [-0.39, 0.29) is 16.9 Å². The van der Waals surface area contributed by atoms with Gasteiger partial charge >= 0.3 is 0 Å². The van der Waals surface area contributed by atoms with Gasteiger partial charge in [0.05, 0.1) is 12.2 Å². The molecule has 2 amide bonds. The molecule has 0 heterocycles. The maximum atomic E-state index is 12.4. The number of nitrogens with one attached hydrogen (secondary N) is 3. The van der Waals surface area contributed by atoms with Crippen LogP contribution in [0.25, 0.3) is 0 Å². The van der Waals surface area contributed by atoms with Crippen molar-refractivity contribution in [2.24, 2.45) is 0 Å². The van der Waals surface area contributed by atoms with E-state index in [2.05, 4.69) is 16.0 Å². The molecule has 0 unspecified atom stereocenters. The average molecular weight is 385 g/mol. The number of anilines is 1. The highest BCUT2D eigenvalue weighted by Gasteiger charge is 2.13. The predicted molar refractivity (Wildman–Crippen MR) is 110 cm³/mol. The first-order chi connectivity index (χ1) is 13.0. The van der Waals surface area contributed by atoms with Gasteiger partial charge in [0.1, 0.15) is 5.75 Å². The lowest BCUT2D eigenvalue weighted by molar-refractivity contribution is 0.0950. The van der Waals surface area contributed by atoms with Crippen LogP contribution in [0.1, 0.15) is 41.0 Å². The highest BCUT2D eigenvalue weighted by atomic mass is 32.1. The van der Waals surface area contributed by atoms with Crippen molar-refractivity contribution in [1.82, 2.24) is 10.6 Å². The van der Waals surface area contributed by atoms with E-state index in [1.54, 1.807) is 48.5 Å². The molecule has 0 radical (unpaired) electrons. The van der Waals surface area contributed by atoms with Crippen molar-refractivity contribution < 1.29 is 14.3 Å². The second-order valence-electron chi connectivity index (χ2n) is 5.67. The number of ether oxygens (including phenoxy) is 1. The van der Waals surface area contributed by atoms with Crippen LogP contribution in [0.15, 0.2) is 48.5 Å². The number of carbonyl (C=O) groups is 2. The van der Waals surface area contributed by atoms with Crippen LogP contribution in [0.2, 0.25) is 0 Å². The molecule has 0 fully saturated rings. The van der Waals surface area contributed by atoms with Crippen LogP contribution in [-0.4, -0.2) is 30.1 Å². The van der Waals surface area contributed by atoms with E-state index in [0.29, 0.717) is 35.7 Å². The molecule has 0 aliphatic carbocycles. The summed E-state index contributed by atoms with van der Waals surface area (Å²) in [5.41, 5.74) is 1.64. The van der Waals surface area contributed by atoms with Crippen molar-refractivity contribution in [2.45, 2.75) is 20.3 Å². The molecule has 27 heavy (non-hydrogen) atoms. The van der Waals surface area contributed by atoms with Crippen molar-refractivity contribution in [2.75, 3.05) is 18.5 Å². The van der Waals surface area contributed by atoms with Crippen molar-refractivity contribution in [1.29, 1.82) is 0 Å². The molecule has 0 saturated heterocycles. The van der Waals surface area contributed by atoms with Gasteiger partial charge in [0, 0.05) is 17.8 Å². The summed E-state index contributed by atoms with van der Waals surface area (Å²) in [5.74, 6) is 0.0293. The number of thiocarbonyl (C=S) groups is 1. The summed E-state index contributed by atoms with van der Waals surface area (Å²) >= 11 is 5.20. The van der Waals surface area contributed by atoms with E-state index >= 15 is 0 Å². The molecule has 3 N–H and O–H groups in total. The monoisotopic (exact) mass is 385 g/mol. The summed E-state index contributed by atoms with van der Waals surface area (Å²) in [7, 11) is 0. The number of carbonyl (C=O) groups excluding carboxylic acids is 2. The Morgan fingerprint density at radius 3 is 2.37 bits per heavy atom. The standard InChI is InChI=1S/C20H23N3O3S/c1-3-13-21-18(24)14-9-11-15(12-10-14)22-20(27)23-19(25)16-7-5-6-8-17(16)26-4-2/h5-12H,3-4,13H2,1-2H3,(H,21,24)(H2,22,23,25,27). The minimum atomic E-state index is -0.355. The number of amides is 2. The molecular formula is C20H23N3O3S. The van der Waals surface area contributed by atoms with Crippen molar-refractivity contribution in [3.63, 3.8) is 0 Å². The minimum absolute atomic E-state index is 0.119. The lowest BCUT2D eigenvalue weighted by Crippen LogP contribution is -2.34. The lowest BCUT2D eigenvalue weighted by atomic mass is 10.2. The van der Waals surface area contributed by atoms with Crippen LogP contribution < -0.4 is 20.7 Å². The molecule has 0 atom stereocenters. The molecule has 0 aliphatic rings. The van der Waals surface area contributed by atoms with Gasteiger partial charge in [-0.25, -0.2) is 0 Å². The fraction of sp³-hybridized carbons (Fsp3) is 0.250. The molecule has 7 heteroatoms. The maximum absolute atomic E-state index is 12.4. The van der Waals surface area contributed by atoms with Crippen molar-refractivity contribution in [3.05, 3.63) is 59.7 Å². The van der Waals surface area contributed by atoms with Crippen molar-refractivity contribution >= 4 is 34.8 Å². The number of benzene rings is 2. The summed E-state index contributed by atoms with van der Waals surface area (Å²) < 4.78 is 5.46. The van der Waals surface area contributed by atoms with Crippen LogP contribution in [-0.2, 0) is 0 Å². The zero-order valence-corrected chi connectivity index (χ0v) is 16.2. The number of rotatable bonds is 7. The Bertz CT molecular complexity index is 806. The largest absolute Gasteiger partial charge is 0.493 e. The summed E-state index contributed by atoms with van der Waals surface area (Å²) in [5, 5.41) is 8.54. The van der Waals surface area contributed by atoms with Crippen LogP contribution >= 0.6 is 12.2 Å². The Morgan fingerprint density at radius 1 is 1.00 bits per heavy atom. The molecular weight excluding hydrogens is 362 g/mol. The van der Waals surface area contributed by atoms with Gasteiger partial charge < -0.3 is 15.4 Å². The van der Waals surface area contributed by atoms with Gasteiger partial charge in [0.15, 0.2) is 5.11 Å². The van der Waals surface area contributed by atoms with Gasteiger partial charge in [-0.15, -0.1) is 0 Å². The Labute approximate surface area is 164 Å². The first-order valence-corrected chi connectivity index (χ1v) is 9.18. The highest BCUT2D eigenvalue weighted by Crippen LogP contribution is 2.17. The second-order valence-corrected chi connectivity index (χ2v) is 6.08. The van der Waals surface area contributed by atoms with Crippen molar-refractivity contribution in [3.8, 4) is 5.75 Å². The van der Waals surface area contributed by atoms with Gasteiger partial charge in [-0.1, -0.05) is 19.1 Å². The average Bonchev–Trinajstić information content (AvgIpc) is 2.67. The van der Waals surface area contributed by atoms with Crippen LogP contribution in [0.4, 0.5) is 5.69 Å². The SMILES string of the molecule is CCCNC(=O)c1ccc(NC(=S)NC(=O)c2ccccc2OCC)cc1. The van der Waals surface area contributed by atoms with Crippen LogP contribution in [0, 0.1) is 0 Å². The van der Waals surface area contributed by atoms with E-state index in [4.69, 9.17) is 17.0 Å². The molecule has 0 bridgehead atoms. The van der Waals surface area contributed by atoms with E-state index in [9.17, 15) is 9.59 Å². The van der Waals surface area contributed by atoms with Crippen LogP contribution in [0.5, 0.6) is 5.75 Å². The lowest BCUT2D eigenvalue weighted by Gasteiger charge is -2.12. The summed E-state index contributed by atoms with van der Waals surface area (Å²) in [4.78, 5) is 24.3. The molecule has 0 aliphatic heterocycles. The molecule has 2 aromatic rings. The smallest absolute Gasteiger partial charge is 0.261 e. The minimum Gasteiger partial charge on any atom is -0.493 e. The van der Waals surface area contributed by atoms with E-state index in [1.807, 2.05) is 13.8 Å². The van der Waals surface area contributed by atoms with Crippen LogP contribution in [0.3, 0.4) is 0 Å². The molecule has 6 nitrogen and oxygen atoms in total. The zero-order chi connectivity index (χ0) is 19.6. The maximum Gasteiger partial charge on any atom is 0.261 e. The summed E-state index contributed by atoms with van der Waals surface area (Å²) in [6.45, 7) is 4.95. The summed E-state index contributed by atoms with van der Waals surface area (Å²) in [6.07, 6.45) is 0.881. The van der Waals surface area contributed by atoms with Gasteiger partial charge in [-0.05, 0) is 62.0 Å². The summed E-state index contributed by atoms with van der Waals surface area (Å²) in [6, 6.07) is 13.8. The third-order valence-corrected chi connectivity index (χ3v) is 3.80. The quantitative estimate of drug-likeness (QED) is 0.637. The number of hydrogen-bond donors (Lipinski definition) is 3. The Morgan fingerprint density at radius 2 is 1.70 bits per heavy atom. The predicted octanol–water partition coefficient (Wildman–Crippen LogP) is 3.35. The van der Waals surface area contributed by atoms with E-state index in [0.717, 1.165) is 6.42 Å². The van der Waals surface area contributed by atoms with Gasteiger partial charge in [0.25, 0.3) is 11.8 Å². The fourth-order valence-electron chi connectivity index (χ4n) is 2.31. The first-order valence-electron chi connectivity index (χ1n) is 8.77. The number of hydrogen-bond acceptors (Lipinski definition) is 4. The van der Waals surface area contributed by atoms with Gasteiger partial charge in [-0.2, -0.15) is 0 Å². The van der Waals surface area contributed by atoms with Gasteiger partial charge in [-0.3, -0.25) is 14.9 Å². The fourth-order valence-corrected chi connectivity index (χ4v) is 2.52. The number of para-hydroxylation sites is 1.